The standard InChI is InChI=1S/C24H31N5O4/c1-2-29(16-21(30)28-20(14-23(32)33)18-7-4-12-25-15-18)22(31)9-3-8-19-11-10-17-6-5-13-26-24(17)27-19/h4,7,10-12,15,20H,2-3,5-6,8-9,13-14,16H2,1H3,(H,26,27)(H,28,30)(H,32,33). The molecule has 1 aliphatic heterocycles. The van der Waals surface area contributed by atoms with Gasteiger partial charge in [0, 0.05) is 37.6 Å². The molecule has 2 aromatic heterocycles. The Morgan fingerprint density at radius 2 is 2.12 bits per heavy atom. The summed E-state index contributed by atoms with van der Waals surface area (Å²) in [6.07, 6.45) is 6.64. The topological polar surface area (TPSA) is 125 Å². The largest absolute Gasteiger partial charge is 0.481 e. The maximum atomic E-state index is 12.7. The highest BCUT2D eigenvalue weighted by atomic mass is 16.4. The Morgan fingerprint density at radius 3 is 2.85 bits per heavy atom. The molecule has 0 fully saturated rings. The third-order valence-corrected chi connectivity index (χ3v) is 5.65. The lowest BCUT2D eigenvalue weighted by molar-refractivity contribution is -0.139. The third kappa shape index (κ3) is 7.27. The molecule has 3 heterocycles. The summed E-state index contributed by atoms with van der Waals surface area (Å²) in [5.74, 6) is -0.595. The van der Waals surface area contributed by atoms with Crippen LogP contribution < -0.4 is 10.6 Å². The van der Waals surface area contributed by atoms with E-state index >= 15 is 0 Å². The molecule has 1 atom stereocenters. The first-order valence-corrected chi connectivity index (χ1v) is 11.4. The first-order valence-electron chi connectivity index (χ1n) is 11.4. The number of rotatable bonds is 11. The average Bonchev–Trinajstić information content (AvgIpc) is 2.82. The summed E-state index contributed by atoms with van der Waals surface area (Å²) in [5, 5.41) is 15.2. The highest BCUT2D eigenvalue weighted by molar-refractivity contribution is 5.85. The molecule has 2 amide bonds. The Morgan fingerprint density at radius 1 is 1.27 bits per heavy atom. The molecule has 3 N–H and O–H groups in total. The van der Waals surface area contributed by atoms with Crippen LogP contribution in [0.15, 0.2) is 36.7 Å². The summed E-state index contributed by atoms with van der Waals surface area (Å²) in [4.78, 5) is 46.6. The molecule has 1 aliphatic rings. The van der Waals surface area contributed by atoms with Gasteiger partial charge in [0.05, 0.1) is 19.0 Å². The van der Waals surface area contributed by atoms with Crippen molar-refractivity contribution in [1.82, 2.24) is 20.2 Å². The second-order valence-corrected chi connectivity index (χ2v) is 8.11. The Labute approximate surface area is 193 Å². The molecular weight excluding hydrogens is 422 g/mol. The normalized spacial score (nSPS) is 13.4. The van der Waals surface area contributed by atoms with Gasteiger partial charge >= 0.3 is 5.97 Å². The highest BCUT2D eigenvalue weighted by Crippen LogP contribution is 2.20. The van der Waals surface area contributed by atoms with E-state index in [2.05, 4.69) is 26.7 Å². The van der Waals surface area contributed by atoms with Crippen molar-refractivity contribution in [2.75, 3.05) is 25.0 Å². The summed E-state index contributed by atoms with van der Waals surface area (Å²) in [7, 11) is 0. The second kappa shape index (κ2) is 11.9. The number of nitrogens with zero attached hydrogens (tertiary/aromatic N) is 3. The lowest BCUT2D eigenvalue weighted by Gasteiger charge is -2.23. The Kier molecular flexibility index (Phi) is 8.74. The maximum absolute atomic E-state index is 12.7. The molecule has 0 saturated carbocycles. The van der Waals surface area contributed by atoms with Crippen LogP contribution in [0.3, 0.4) is 0 Å². The van der Waals surface area contributed by atoms with E-state index in [1.165, 1.54) is 16.7 Å². The van der Waals surface area contributed by atoms with E-state index in [4.69, 9.17) is 0 Å². The van der Waals surface area contributed by atoms with Crippen molar-refractivity contribution in [3.8, 4) is 0 Å². The van der Waals surface area contributed by atoms with Crippen LogP contribution in [0, 0.1) is 0 Å². The van der Waals surface area contributed by atoms with Crippen LogP contribution in [0.2, 0.25) is 0 Å². The molecule has 0 bridgehead atoms. The van der Waals surface area contributed by atoms with Gasteiger partial charge in [0.15, 0.2) is 0 Å². The van der Waals surface area contributed by atoms with Gasteiger partial charge < -0.3 is 20.6 Å². The molecular formula is C24H31N5O4. The first-order chi connectivity index (χ1) is 16.0. The van der Waals surface area contributed by atoms with Gasteiger partial charge in [-0.25, -0.2) is 4.98 Å². The number of carboxylic acid groups (broad SMARTS) is 1. The van der Waals surface area contributed by atoms with Crippen molar-refractivity contribution < 1.29 is 19.5 Å². The van der Waals surface area contributed by atoms with Gasteiger partial charge in [0.1, 0.15) is 5.82 Å². The summed E-state index contributed by atoms with van der Waals surface area (Å²) in [6.45, 7) is 3.03. The van der Waals surface area contributed by atoms with Crippen molar-refractivity contribution in [3.63, 3.8) is 0 Å². The average molecular weight is 454 g/mol. The van der Waals surface area contributed by atoms with Crippen LogP contribution in [0.25, 0.3) is 0 Å². The van der Waals surface area contributed by atoms with Gasteiger partial charge in [-0.1, -0.05) is 12.1 Å². The fraction of sp³-hybridized carbons (Fsp3) is 0.458. The summed E-state index contributed by atoms with van der Waals surface area (Å²) >= 11 is 0. The number of carbonyl (C=O) groups is 3. The van der Waals surface area contributed by atoms with Crippen molar-refractivity contribution in [2.24, 2.45) is 0 Å². The number of hydrogen-bond donors (Lipinski definition) is 3. The van der Waals surface area contributed by atoms with Crippen LogP contribution in [0.1, 0.15) is 55.5 Å². The van der Waals surface area contributed by atoms with Crippen LogP contribution in [0.4, 0.5) is 5.82 Å². The van der Waals surface area contributed by atoms with Crippen molar-refractivity contribution >= 4 is 23.6 Å². The van der Waals surface area contributed by atoms with E-state index in [9.17, 15) is 19.5 Å². The van der Waals surface area contributed by atoms with Gasteiger partial charge in [-0.3, -0.25) is 19.4 Å². The zero-order valence-corrected chi connectivity index (χ0v) is 18.9. The number of likely N-dealkylation sites (N-methyl/N-ethyl adjacent to an activating group) is 1. The van der Waals surface area contributed by atoms with E-state index in [0.717, 1.165) is 30.9 Å². The van der Waals surface area contributed by atoms with Crippen molar-refractivity contribution in [3.05, 3.63) is 53.5 Å². The first kappa shape index (κ1) is 24.2. The van der Waals surface area contributed by atoms with Gasteiger partial charge in [0.2, 0.25) is 11.8 Å². The van der Waals surface area contributed by atoms with Gasteiger partial charge in [-0.05, 0) is 55.9 Å². The van der Waals surface area contributed by atoms with Crippen molar-refractivity contribution in [1.29, 1.82) is 0 Å². The van der Waals surface area contributed by atoms with Crippen LogP contribution in [-0.4, -0.2) is 57.4 Å². The lowest BCUT2D eigenvalue weighted by atomic mass is 10.1. The smallest absolute Gasteiger partial charge is 0.305 e. The summed E-state index contributed by atoms with van der Waals surface area (Å²) < 4.78 is 0. The lowest BCUT2D eigenvalue weighted by Crippen LogP contribution is -2.42. The van der Waals surface area contributed by atoms with Gasteiger partial charge in [-0.2, -0.15) is 0 Å². The van der Waals surface area contributed by atoms with E-state index < -0.39 is 17.9 Å². The molecule has 0 radical (unpaired) electrons. The van der Waals surface area contributed by atoms with E-state index in [1.807, 2.05) is 13.0 Å². The zero-order valence-electron chi connectivity index (χ0n) is 18.9. The molecule has 9 heteroatoms. The summed E-state index contributed by atoms with van der Waals surface area (Å²) in [5.41, 5.74) is 2.79. The van der Waals surface area contributed by atoms with Gasteiger partial charge in [-0.15, -0.1) is 0 Å². The monoisotopic (exact) mass is 453 g/mol. The SMILES string of the molecule is CCN(CC(=O)NC(CC(=O)O)c1cccnc1)C(=O)CCCc1ccc2c(n1)NCCC2. The minimum Gasteiger partial charge on any atom is -0.481 e. The maximum Gasteiger partial charge on any atom is 0.305 e. The van der Waals surface area contributed by atoms with E-state index in [1.54, 1.807) is 18.3 Å². The number of nitrogens with one attached hydrogen (secondary N) is 2. The van der Waals surface area contributed by atoms with Crippen LogP contribution >= 0.6 is 0 Å². The Balaban J connectivity index is 1.50. The zero-order chi connectivity index (χ0) is 23.6. The minimum atomic E-state index is -1.03. The molecule has 176 valence electrons. The number of anilines is 1. The quantitative estimate of drug-likeness (QED) is 0.477. The molecule has 0 aliphatic carbocycles. The predicted molar refractivity (Wildman–Crippen MR) is 124 cm³/mol. The minimum absolute atomic E-state index is 0.111. The number of fused-ring (bicyclic) bond motifs is 1. The van der Waals surface area contributed by atoms with Gasteiger partial charge in [0.25, 0.3) is 0 Å². The molecule has 0 saturated heterocycles. The molecule has 0 aromatic carbocycles. The number of carbonyl (C=O) groups excluding carboxylic acids is 2. The molecule has 2 aromatic rings. The van der Waals surface area contributed by atoms with E-state index in [-0.39, 0.29) is 18.9 Å². The van der Waals surface area contributed by atoms with Crippen LogP contribution in [0.5, 0.6) is 0 Å². The number of aliphatic carboxylic acids is 1. The Bertz CT molecular complexity index is 967. The number of aromatic nitrogens is 2. The Hall–Kier alpha value is -3.49. The third-order valence-electron chi connectivity index (χ3n) is 5.65. The molecule has 9 nitrogen and oxygen atoms in total. The fourth-order valence-corrected chi connectivity index (χ4v) is 3.89. The van der Waals surface area contributed by atoms with Crippen molar-refractivity contribution in [2.45, 2.75) is 51.5 Å². The number of carboxylic acids is 1. The summed E-state index contributed by atoms with van der Waals surface area (Å²) in [6, 6.07) is 6.81. The highest BCUT2D eigenvalue weighted by Gasteiger charge is 2.21. The fourth-order valence-electron chi connectivity index (χ4n) is 3.89. The number of amides is 2. The molecule has 33 heavy (non-hydrogen) atoms. The molecule has 0 spiro atoms. The predicted octanol–water partition coefficient (Wildman–Crippen LogP) is 2.34. The number of hydrogen-bond acceptors (Lipinski definition) is 6. The number of aryl methyl sites for hydroxylation is 2. The molecule has 3 rings (SSSR count). The second-order valence-electron chi connectivity index (χ2n) is 8.11. The number of pyridine rings is 2. The molecule has 1 unspecified atom stereocenters. The van der Waals surface area contributed by atoms with E-state index in [0.29, 0.717) is 31.4 Å². The van der Waals surface area contributed by atoms with Crippen LogP contribution in [-0.2, 0) is 27.2 Å².